The van der Waals surface area contributed by atoms with Crippen LogP contribution in [-0.4, -0.2) is 20.2 Å². The number of rotatable bonds is 1. The fourth-order valence-corrected chi connectivity index (χ4v) is 1.17. The molecule has 4 nitrogen and oxygen atoms in total. The number of pyridine rings is 1. The summed E-state index contributed by atoms with van der Waals surface area (Å²) in [6, 6.07) is 0.901. The lowest BCUT2D eigenvalue weighted by Gasteiger charge is -2.09. The van der Waals surface area contributed by atoms with E-state index >= 15 is 0 Å². The molecule has 0 aromatic carbocycles. The van der Waals surface area contributed by atoms with Crippen molar-refractivity contribution >= 4 is 0 Å². The maximum absolute atomic E-state index is 12.6. The Kier molecular flexibility index (Phi) is 2.14. The maximum Gasteiger partial charge on any atom is 0.417 e. The molecular weight excluding hydrogens is 209 g/mol. The van der Waals surface area contributed by atoms with E-state index in [1.165, 1.54) is 0 Å². The van der Waals surface area contributed by atoms with E-state index in [9.17, 15) is 13.2 Å². The van der Waals surface area contributed by atoms with Gasteiger partial charge in [0.15, 0.2) is 5.82 Å². The van der Waals surface area contributed by atoms with Crippen LogP contribution in [0.15, 0.2) is 24.8 Å². The van der Waals surface area contributed by atoms with Crippen molar-refractivity contribution in [3.05, 3.63) is 30.4 Å². The predicted molar refractivity (Wildman–Crippen MR) is 44.6 cm³/mol. The van der Waals surface area contributed by atoms with Gasteiger partial charge in [0.05, 0.1) is 5.56 Å². The van der Waals surface area contributed by atoms with Crippen molar-refractivity contribution in [2.45, 2.75) is 6.18 Å². The Morgan fingerprint density at radius 2 is 2.07 bits per heavy atom. The van der Waals surface area contributed by atoms with Crippen molar-refractivity contribution in [2.75, 3.05) is 0 Å². The molecular formula is C8H5F3N4. The van der Waals surface area contributed by atoms with E-state index < -0.39 is 11.7 Å². The molecule has 0 amide bonds. The Bertz CT molecular complexity index is 449. The van der Waals surface area contributed by atoms with E-state index in [1.54, 1.807) is 0 Å². The molecule has 0 radical (unpaired) electrons. The second-order valence-electron chi connectivity index (χ2n) is 2.75. The SMILES string of the molecule is FC(F)(F)c1ccncc1-c1ncn[nH]1. The van der Waals surface area contributed by atoms with E-state index in [2.05, 4.69) is 20.2 Å². The molecule has 0 aliphatic carbocycles. The average Bonchev–Trinajstić information content (AvgIpc) is 2.69. The fourth-order valence-electron chi connectivity index (χ4n) is 1.17. The molecule has 2 rings (SSSR count). The zero-order valence-electron chi connectivity index (χ0n) is 7.28. The van der Waals surface area contributed by atoms with Crippen molar-refractivity contribution < 1.29 is 13.2 Å². The number of aromatic nitrogens is 4. The summed E-state index contributed by atoms with van der Waals surface area (Å²) in [7, 11) is 0. The van der Waals surface area contributed by atoms with Crippen molar-refractivity contribution in [3.63, 3.8) is 0 Å². The van der Waals surface area contributed by atoms with Crippen LogP contribution in [0, 0.1) is 0 Å². The maximum atomic E-state index is 12.6. The van der Waals surface area contributed by atoms with Gasteiger partial charge in [0.25, 0.3) is 0 Å². The molecule has 15 heavy (non-hydrogen) atoms. The minimum atomic E-state index is -4.43. The first-order valence-corrected chi connectivity index (χ1v) is 3.96. The van der Waals surface area contributed by atoms with E-state index in [0.29, 0.717) is 0 Å². The molecule has 0 aliphatic rings. The largest absolute Gasteiger partial charge is 0.417 e. The van der Waals surface area contributed by atoms with Crippen LogP contribution < -0.4 is 0 Å². The van der Waals surface area contributed by atoms with Crippen LogP contribution >= 0.6 is 0 Å². The van der Waals surface area contributed by atoms with Gasteiger partial charge in [-0.2, -0.15) is 18.3 Å². The van der Waals surface area contributed by atoms with E-state index in [0.717, 1.165) is 24.8 Å². The lowest BCUT2D eigenvalue weighted by atomic mass is 10.1. The molecule has 78 valence electrons. The first-order chi connectivity index (χ1) is 7.09. The Morgan fingerprint density at radius 1 is 1.27 bits per heavy atom. The summed E-state index contributed by atoms with van der Waals surface area (Å²) in [5.74, 6) is 0.0513. The number of aromatic amines is 1. The molecule has 1 N–H and O–H groups in total. The molecule has 7 heteroatoms. The van der Waals surface area contributed by atoms with Crippen LogP contribution in [0.3, 0.4) is 0 Å². The Balaban J connectivity index is 2.58. The molecule has 0 atom stereocenters. The third-order valence-electron chi connectivity index (χ3n) is 1.80. The van der Waals surface area contributed by atoms with E-state index in [1.807, 2.05) is 0 Å². The third-order valence-corrected chi connectivity index (χ3v) is 1.80. The number of hydrogen-bond acceptors (Lipinski definition) is 3. The molecule has 0 bridgehead atoms. The van der Waals surface area contributed by atoms with Gasteiger partial charge in [-0.05, 0) is 6.07 Å². The number of nitrogens with one attached hydrogen (secondary N) is 1. The molecule has 0 saturated heterocycles. The fraction of sp³-hybridized carbons (Fsp3) is 0.125. The number of hydrogen-bond donors (Lipinski definition) is 1. The first kappa shape index (κ1) is 9.63. The lowest BCUT2D eigenvalue weighted by Crippen LogP contribution is -2.07. The number of nitrogens with zero attached hydrogens (tertiary/aromatic N) is 3. The van der Waals surface area contributed by atoms with Crippen LogP contribution in [0.5, 0.6) is 0 Å². The van der Waals surface area contributed by atoms with Gasteiger partial charge in [0, 0.05) is 18.0 Å². The summed E-state index contributed by atoms with van der Waals surface area (Å²) in [6.45, 7) is 0. The van der Waals surface area contributed by atoms with Crippen LogP contribution in [0.4, 0.5) is 13.2 Å². The Morgan fingerprint density at radius 3 is 2.67 bits per heavy atom. The highest BCUT2D eigenvalue weighted by Gasteiger charge is 2.34. The normalized spacial score (nSPS) is 11.7. The smallest absolute Gasteiger partial charge is 0.264 e. The number of halogens is 3. The van der Waals surface area contributed by atoms with Crippen LogP contribution in [0.25, 0.3) is 11.4 Å². The third kappa shape index (κ3) is 1.80. The van der Waals surface area contributed by atoms with Crippen LogP contribution in [-0.2, 0) is 6.18 Å². The molecule has 0 spiro atoms. The molecule has 0 aliphatic heterocycles. The molecule has 0 saturated carbocycles. The average molecular weight is 214 g/mol. The Labute approximate surface area is 82.2 Å². The zero-order chi connectivity index (χ0) is 10.9. The summed E-state index contributed by atoms with van der Waals surface area (Å²) >= 11 is 0. The quantitative estimate of drug-likeness (QED) is 0.788. The van der Waals surface area contributed by atoms with E-state index in [-0.39, 0.29) is 11.4 Å². The standard InChI is InChI=1S/C8H5F3N4/c9-8(10,11)6-1-2-12-3-5(6)7-13-4-14-15-7/h1-4H,(H,13,14,15). The number of H-pyrrole nitrogens is 1. The van der Waals surface area contributed by atoms with Gasteiger partial charge in [-0.1, -0.05) is 0 Å². The minimum Gasteiger partial charge on any atom is -0.264 e. The first-order valence-electron chi connectivity index (χ1n) is 3.96. The van der Waals surface area contributed by atoms with Gasteiger partial charge < -0.3 is 0 Å². The number of alkyl halides is 3. The van der Waals surface area contributed by atoms with Crippen molar-refractivity contribution in [1.29, 1.82) is 0 Å². The highest BCUT2D eigenvalue weighted by molar-refractivity contribution is 5.58. The highest BCUT2D eigenvalue weighted by atomic mass is 19.4. The van der Waals surface area contributed by atoms with Crippen molar-refractivity contribution in [1.82, 2.24) is 20.2 Å². The van der Waals surface area contributed by atoms with Crippen LogP contribution in [0.2, 0.25) is 0 Å². The highest BCUT2D eigenvalue weighted by Crippen LogP contribution is 2.34. The topological polar surface area (TPSA) is 54.5 Å². The van der Waals surface area contributed by atoms with Gasteiger partial charge in [-0.3, -0.25) is 10.1 Å². The molecule has 2 aromatic rings. The zero-order valence-corrected chi connectivity index (χ0v) is 7.28. The molecule has 2 heterocycles. The summed E-state index contributed by atoms with van der Waals surface area (Å²) in [4.78, 5) is 7.28. The summed E-state index contributed by atoms with van der Waals surface area (Å²) in [6.07, 6.45) is -1.10. The molecule has 0 unspecified atom stereocenters. The van der Waals surface area contributed by atoms with Gasteiger partial charge in [-0.15, -0.1) is 0 Å². The van der Waals surface area contributed by atoms with Crippen molar-refractivity contribution in [2.24, 2.45) is 0 Å². The molecule has 0 fully saturated rings. The van der Waals surface area contributed by atoms with Gasteiger partial charge in [0.2, 0.25) is 0 Å². The summed E-state index contributed by atoms with van der Waals surface area (Å²) in [5, 5.41) is 5.86. The lowest BCUT2D eigenvalue weighted by molar-refractivity contribution is -0.137. The Hall–Kier alpha value is -1.92. The summed E-state index contributed by atoms with van der Waals surface area (Å²) < 4.78 is 37.7. The minimum absolute atomic E-state index is 0.0513. The van der Waals surface area contributed by atoms with Gasteiger partial charge >= 0.3 is 6.18 Å². The van der Waals surface area contributed by atoms with Gasteiger partial charge in [-0.25, -0.2) is 4.98 Å². The summed E-state index contributed by atoms with van der Waals surface area (Å²) in [5.41, 5.74) is -0.892. The van der Waals surface area contributed by atoms with Crippen LogP contribution in [0.1, 0.15) is 5.56 Å². The predicted octanol–water partition coefficient (Wildman–Crippen LogP) is 1.89. The van der Waals surface area contributed by atoms with Gasteiger partial charge in [0.1, 0.15) is 6.33 Å². The monoisotopic (exact) mass is 214 g/mol. The second kappa shape index (κ2) is 3.34. The second-order valence-corrected chi connectivity index (χ2v) is 2.75. The molecule has 2 aromatic heterocycles. The van der Waals surface area contributed by atoms with E-state index in [4.69, 9.17) is 0 Å². The van der Waals surface area contributed by atoms with Crippen molar-refractivity contribution in [3.8, 4) is 11.4 Å².